The van der Waals surface area contributed by atoms with Crippen molar-refractivity contribution in [1.29, 1.82) is 0 Å². The van der Waals surface area contributed by atoms with Gasteiger partial charge in [-0.25, -0.2) is 0 Å². The third-order valence-corrected chi connectivity index (χ3v) is 2.61. The predicted molar refractivity (Wildman–Crippen MR) is 58.6 cm³/mol. The number of carbonyl (C=O) groups excluding carboxylic acids is 1. The molecule has 0 fully saturated rings. The summed E-state index contributed by atoms with van der Waals surface area (Å²) in [5.74, 6) is 1.34. The number of hydrogen-bond acceptors (Lipinski definition) is 6. The smallest absolute Gasteiger partial charge is 0.322 e. The molecular weight excluding hydrogens is 216 g/mol. The highest BCUT2D eigenvalue weighted by Gasteiger charge is 2.07. The number of amides is 1. The molecule has 84 valence electrons. The van der Waals surface area contributed by atoms with E-state index in [4.69, 9.17) is 10.2 Å². The van der Waals surface area contributed by atoms with Crippen molar-refractivity contribution in [3.05, 3.63) is 5.89 Å². The number of nitrogens with zero attached hydrogens (tertiary/aromatic N) is 2. The fraction of sp³-hybridized carbons (Fsp3) is 0.625. The number of carbonyl (C=O) groups is 1. The van der Waals surface area contributed by atoms with Crippen LogP contribution in [0, 0.1) is 6.92 Å². The SMILES string of the molecule is Cc1nnc(NC(=O)CSCC(C)N)o1. The maximum absolute atomic E-state index is 11.3. The Morgan fingerprint density at radius 3 is 2.93 bits per heavy atom. The second-order valence-electron chi connectivity index (χ2n) is 3.17. The third kappa shape index (κ3) is 4.80. The van der Waals surface area contributed by atoms with Crippen molar-refractivity contribution in [2.75, 3.05) is 16.8 Å². The Morgan fingerprint density at radius 2 is 2.40 bits per heavy atom. The Balaban J connectivity index is 2.24. The average molecular weight is 230 g/mol. The monoisotopic (exact) mass is 230 g/mol. The molecule has 0 aliphatic rings. The fourth-order valence-corrected chi connectivity index (χ4v) is 1.59. The predicted octanol–water partition coefficient (Wildman–Crippen LogP) is 0.397. The number of nitrogens with two attached hydrogens (primary N) is 1. The van der Waals surface area contributed by atoms with Gasteiger partial charge in [-0.1, -0.05) is 5.10 Å². The van der Waals surface area contributed by atoms with Gasteiger partial charge in [0.05, 0.1) is 5.75 Å². The summed E-state index contributed by atoms with van der Waals surface area (Å²) in [5, 5.41) is 9.73. The van der Waals surface area contributed by atoms with Gasteiger partial charge in [-0.05, 0) is 6.92 Å². The van der Waals surface area contributed by atoms with Gasteiger partial charge >= 0.3 is 6.01 Å². The molecule has 1 aromatic rings. The number of rotatable bonds is 5. The minimum absolute atomic E-state index is 0.0912. The molecule has 0 bridgehead atoms. The highest BCUT2D eigenvalue weighted by Crippen LogP contribution is 2.06. The molecule has 0 spiro atoms. The molecule has 1 rings (SSSR count). The van der Waals surface area contributed by atoms with Crippen LogP contribution in [0.25, 0.3) is 0 Å². The fourth-order valence-electron chi connectivity index (χ4n) is 0.840. The van der Waals surface area contributed by atoms with Gasteiger partial charge in [0.25, 0.3) is 0 Å². The number of hydrogen-bond donors (Lipinski definition) is 2. The van der Waals surface area contributed by atoms with E-state index in [1.54, 1.807) is 6.92 Å². The van der Waals surface area contributed by atoms with Crippen molar-refractivity contribution in [2.45, 2.75) is 19.9 Å². The Morgan fingerprint density at radius 1 is 1.67 bits per heavy atom. The Labute approximate surface area is 92.0 Å². The van der Waals surface area contributed by atoms with E-state index >= 15 is 0 Å². The molecule has 6 nitrogen and oxygen atoms in total. The van der Waals surface area contributed by atoms with E-state index in [1.165, 1.54) is 11.8 Å². The van der Waals surface area contributed by atoms with Gasteiger partial charge in [-0.15, -0.1) is 5.10 Å². The van der Waals surface area contributed by atoms with Crippen molar-refractivity contribution in [2.24, 2.45) is 5.73 Å². The minimum atomic E-state index is -0.163. The van der Waals surface area contributed by atoms with E-state index in [2.05, 4.69) is 15.5 Å². The van der Waals surface area contributed by atoms with E-state index in [9.17, 15) is 4.79 Å². The van der Waals surface area contributed by atoms with Crippen LogP contribution in [-0.4, -0.2) is 33.7 Å². The molecule has 0 aliphatic carbocycles. The molecule has 1 heterocycles. The highest BCUT2D eigenvalue weighted by molar-refractivity contribution is 8.00. The summed E-state index contributed by atoms with van der Waals surface area (Å²) in [6, 6.07) is 0.229. The van der Waals surface area contributed by atoms with Crippen LogP contribution in [0.2, 0.25) is 0 Å². The number of thioether (sulfide) groups is 1. The van der Waals surface area contributed by atoms with Gasteiger partial charge in [-0.2, -0.15) is 11.8 Å². The van der Waals surface area contributed by atoms with Crippen LogP contribution in [0.3, 0.4) is 0 Å². The summed E-state index contributed by atoms with van der Waals surface area (Å²) in [6.45, 7) is 3.56. The molecule has 7 heteroatoms. The molecule has 1 atom stereocenters. The Hall–Kier alpha value is -1.08. The van der Waals surface area contributed by atoms with E-state index in [1.807, 2.05) is 6.92 Å². The Bertz CT molecular complexity index is 326. The second kappa shape index (κ2) is 5.72. The first kappa shape index (κ1) is 12.0. The lowest BCUT2D eigenvalue weighted by Crippen LogP contribution is -2.20. The van der Waals surface area contributed by atoms with Crippen LogP contribution < -0.4 is 11.1 Å². The minimum Gasteiger partial charge on any atom is -0.408 e. The maximum atomic E-state index is 11.3. The third-order valence-electron chi connectivity index (χ3n) is 1.39. The van der Waals surface area contributed by atoms with Crippen LogP contribution in [0.1, 0.15) is 12.8 Å². The molecule has 1 amide bonds. The summed E-state index contributed by atoms with van der Waals surface area (Å²) in [5.41, 5.74) is 5.54. The largest absolute Gasteiger partial charge is 0.408 e. The van der Waals surface area contributed by atoms with Crippen LogP contribution >= 0.6 is 11.8 Å². The van der Waals surface area contributed by atoms with Crippen LogP contribution in [0.15, 0.2) is 4.42 Å². The molecule has 0 saturated heterocycles. The average Bonchev–Trinajstić information content (AvgIpc) is 2.50. The number of anilines is 1. The number of nitrogens with one attached hydrogen (secondary N) is 1. The molecular formula is C8H14N4O2S. The molecule has 3 N–H and O–H groups in total. The van der Waals surface area contributed by atoms with Crippen molar-refractivity contribution in [3.63, 3.8) is 0 Å². The summed E-state index contributed by atoms with van der Waals surface area (Å²) < 4.78 is 4.99. The van der Waals surface area contributed by atoms with E-state index in [0.717, 1.165) is 5.75 Å². The van der Waals surface area contributed by atoms with Gasteiger partial charge in [0.15, 0.2) is 0 Å². The zero-order chi connectivity index (χ0) is 11.3. The summed E-state index contributed by atoms with van der Waals surface area (Å²) in [7, 11) is 0. The zero-order valence-corrected chi connectivity index (χ0v) is 9.50. The normalized spacial score (nSPS) is 12.5. The quantitative estimate of drug-likeness (QED) is 0.760. The lowest BCUT2D eigenvalue weighted by molar-refractivity contribution is -0.113. The van der Waals surface area contributed by atoms with Crippen molar-refractivity contribution in [1.82, 2.24) is 10.2 Å². The molecule has 15 heavy (non-hydrogen) atoms. The van der Waals surface area contributed by atoms with Gasteiger partial charge in [0.1, 0.15) is 0 Å². The molecule has 1 aromatic heterocycles. The first-order valence-corrected chi connectivity index (χ1v) is 5.66. The highest BCUT2D eigenvalue weighted by atomic mass is 32.2. The van der Waals surface area contributed by atoms with Crippen molar-refractivity contribution in [3.8, 4) is 0 Å². The molecule has 0 aromatic carbocycles. The molecule has 0 saturated carbocycles. The second-order valence-corrected chi connectivity index (χ2v) is 4.20. The maximum Gasteiger partial charge on any atom is 0.322 e. The van der Waals surface area contributed by atoms with Gasteiger partial charge in [0.2, 0.25) is 11.8 Å². The molecule has 0 aliphatic heterocycles. The van der Waals surface area contributed by atoms with Crippen molar-refractivity contribution < 1.29 is 9.21 Å². The molecule has 0 radical (unpaired) electrons. The van der Waals surface area contributed by atoms with Gasteiger partial charge < -0.3 is 10.2 Å². The molecule has 1 unspecified atom stereocenters. The van der Waals surface area contributed by atoms with Gasteiger partial charge in [0, 0.05) is 18.7 Å². The van der Waals surface area contributed by atoms with Crippen molar-refractivity contribution >= 4 is 23.7 Å². The van der Waals surface area contributed by atoms with Crippen LogP contribution in [0.4, 0.5) is 6.01 Å². The van der Waals surface area contributed by atoms with Crippen LogP contribution in [0.5, 0.6) is 0 Å². The summed E-state index contributed by atoms with van der Waals surface area (Å²) in [6.07, 6.45) is 0. The topological polar surface area (TPSA) is 94.0 Å². The first-order chi connectivity index (χ1) is 7.08. The first-order valence-electron chi connectivity index (χ1n) is 4.51. The Kier molecular flexibility index (Phi) is 4.57. The van der Waals surface area contributed by atoms with E-state index < -0.39 is 0 Å². The standard InChI is InChI=1S/C8H14N4O2S/c1-5(9)3-15-4-7(13)10-8-12-11-6(2)14-8/h5H,3-4,9H2,1-2H3,(H,10,12,13). The van der Waals surface area contributed by atoms with E-state index in [0.29, 0.717) is 11.6 Å². The summed E-state index contributed by atoms with van der Waals surface area (Å²) >= 11 is 1.47. The lowest BCUT2D eigenvalue weighted by atomic mass is 10.4. The van der Waals surface area contributed by atoms with Crippen LogP contribution in [-0.2, 0) is 4.79 Å². The van der Waals surface area contributed by atoms with Gasteiger partial charge in [-0.3, -0.25) is 10.1 Å². The number of aryl methyl sites for hydroxylation is 1. The lowest BCUT2D eigenvalue weighted by Gasteiger charge is -2.03. The van der Waals surface area contributed by atoms with E-state index in [-0.39, 0.29) is 18.0 Å². The zero-order valence-electron chi connectivity index (χ0n) is 8.69. The summed E-state index contributed by atoms with van der Waals surface area (Å²) in [4.78, 5) is 11.3. The number of aromatic nitrogens is 2.